The van der Waals surface area contributed by atoms with Gasteiger partial charge in [0.1, 0.15) is 12.6 Å². The molecule has 10 heteroatoms. The molecule has 2 rings (SSSR count). The number of aromatic nitrogens is 4. The lowest BCUT2D eigenvalue weighted by atomic mass is 10.2. The first-order valence-corrected chi connectivity index (χ1v) is 9.73. The van der Waals surface area contributed by atoms with Gasteiger partial charge in [-0.05, 0) is 44.4 Å². The molecule has 1 N–H and O–H groups in total. The molecule has 9 nitrogen and oxygen atoms in total. The average Bonchev–Trinajstić information content (AvgIpc) is 2.98. The van der Waals surface area contributed by atoms with Crippen molar-refractivity contribution in [2.24, 2.45) is 0 Å². The molecule has 0 radical (unpaired) electrons. The summed E-state index contributed by atoms with van der Waals surface area (Å²) in [6.45, 7) is 3.42. The summed E-state index contributed by atoms with van der Waals surface area (Å²) in [4.78, 5) is 36.2. The Balaban J connectivity index is 2.17. The fourth-order valence-corrected chi connectivity index (χ4v) is 3.00. The highest BCUT2D eigenvalue weighted by atomic mass is 32.2. The lowest BCUT2D eigenvalue weighted by Crippen LogP contribution is -2.44. The second kappa shape index (κ2) is 9.36. The number of ether oxygens (including phenoxy) is 1. The van der Waals surface area contributed by atoms with Gasteiger partial charge in [-0.25, -0.2) is 14.2 Å². The summed E-state index contributed by atoms with van der Waals surface area (Å²) in [6, 6.07) is 4.00. The Kier molecular flexibility index (Phi) is 7.17. The van der Waals surface area contributed by atoms with E-state index in [4.69, 9.17) is 4.74 Å². The summed E-state index contributed by atoms with van der Waals surface area (Å²) in [5, 5.41) is 11.1. The topological polar surface area (TPSA) is 108 Å². The number of esters is 1. The molecular weight excluding hydrogens is 370 g/mol. The van der Waals surface area contributed by atoms with Crippen LogP contribution in [0.5, 0.6) is 0 Å². The van der Waals surface area contributed by atoms with Crippen LogP contribution in [0.4, 0.5) is 0 Å². The summed E-state index contributed by atoms with van der Waals surface area (Å²) in [6.07, 6.45) is 2.35. The number of rotatable bonds is 8. The van der Waals surface area contributed by atoms with E-state index in [1.165, 1.54) is 13.2 Å². The summed E-state index contributed by atoms with van der Waals surface area (Å²) in [5.74, 6) is 0.103. The first-order chi connectivity index (χ1) is 12.8. The van der Waals surface area contributed by atoms with Crippen molar-refractivity contribution in [3.8, 4) is 5.82 Å². The predicted molar refractivity (Wildman–Crippen MR) is 102 cm³/mol. The van der Waals surface area contributed by atoms with Crippen LogP contribution in [0.25, 0.3) is 5.82 Å². The van der Waals surface area contributed by atoms with E-state index in [2.05, 4.69) is 15.5 Å². The van der Waals surface area contributed by atoms with Crippen molar-refractivity contribution in [2.75, 3.05) is 19.1 Å². The van der Waals surface area contributed by atoms with Gasteiger partial charge < -0.3 is 10.1 Å². The number of aryl methyl sites for hydroxylation is 2. The van der Waals surface area contributed by atoms with Crippen LogP contribution in [0.2, 0.25) is 0 Å². The molecule has 0 aliphatic carbocycles. The smallest absolute Gasteiger partial charge is 0.328 e. The Labute approximate surface area is 161 Å². The molecule has 1 atom stereocenters. The molecule has 0 spiro atoms. The molecule has 0 aliphatic rings. The molecule has 2 aromatic heterocycles. The standard InChI is InChI=1S/C17H23N5O4S/c1-11-9-12(2)22(19-11)14-5-6-16(24)21(20-14)10-15(23)18-13(7-8-27-4)17(25)26-3/h5-6,9,13H,7-8,10H2,1-4H3,(H,18,23)/t13-/m0/s1. The van der Waals surface area contributed by atoms with E-state index in [1.807, 2.05) is 26.2 Å². The van der Waals surface area contributed by atoms with Crippen molar-refractivity contribution in [1.29, 1.82) is 0 Å². The van der Waals surface area contributed by atoms with Gasteiger partial charge in [-0.3, -0.25) is 9.59 Å². The minimum Gasteiger partial charge on any atom is -0.467 e. The van der Waals surface area contributed by atoms with Crippen molar-refractivity contribution in [3.63, 3.8) is 0 Å². The highest BCUT2D eigenvalue weighted by Gasteiger charge is 2.21. The second-order valence-electron chi connectivity index (χ2n) is 5.95. The third-order valence-corrected chi connectivity index (χ3v) is 4.45. The third-order valence-electron chi connectivity index (χ3n) is 3.80. The zero-order valence-corrected chi connectivity index (χ0v) is 16.6. The maximum absolute atomic E-state index is 12.3. The Bertz CT molecular complexity index is 876. The van der Waals surface area contributed by atoms with Crippen LogP contribution in [0.3, 0.4) is 0 Å². The van der Waals surface area contributed by atoms with Crippen molar-refractivity contribution in [1.82, 2.24) is 24.9 Å². The summed E-state index contributed by atoms with van der Waals surface area (Å²) < 4.78 is 7.36. The van der Waals surface area contributed by atoms with Gasteiger partial charge in [0.2, 0.25) is 5.91 Å². The molecule has 2 aromatic rings. The Morgan fingerprint density at radius 3 is 2.63 bits per heavy atom. The van der Waals surface area contributed by atoms with Crippen molar-refractivity contribution >= 4 is 23.6 Å². The fraction of sp³-hybridized carbons (Fsp3) is 0.471. The largest absolute Gasteiger partial charge is 0.467 e. The van der Waals surface area contributed by atoms with E-state index in [-0.39, 0.29) is 6.54 Å². The van der Waals surface area contributed by atoms with Gasteiger partial charge in [0.25, 0.3) is 5.56 Å². The molecule has 2 heterocycles. The molecule has 146 valence electrons. The molecule has 27 heavy (non-hydrogen) atoms. The number of nitrogens with zero attached hydrogens (tertiary/aromatic N) is 4. The van der Waals surface area contributed by atoms with Crippen LogP contribution in [0.15, 0.2) is 23.0 Å². The molecule has 0 fully saturated rings. The van der Waals surface area contributed by atoms with Crippen LogP contribution >= 0.6 is 11.8 Å². The number of methoxy groups -OCH3 is 1. The van der Waals surface area contributed by atoms with Crippen LogP contribution in [-0.4, -0.2) is 56.6 Å². The first kappa shape index (κ1) is 20.7. The molecular formula is C17H23N5O4S. The van der Waals surface area contributed by atoms with E-state index < -0.39 is 23.5 Å². The highest BCUT2D eigenvalue weighted by molar-refractivity contribution is 7.98. The Morgan fingerprint density at radius 2 is 2.04 bits per heavy atom. The predicted octanol–water partition coefficient (Wildman–Crippen LogP) is 0.457. The number of nitrogens with one attached hydrogen (secondary N) is 1. The van der Waals surface area contributed by atoms with E-state index in [0.717, 1.165) is 16.1 Å². The van der Waals surface area contributed by atoms with Crippen LogP contribution in [-0.2, 0) is 20.9 Å². The molecule has 0 bridgehead atoms. The van der Waals surface area contributed by atoms with Gasteiger partial charge in [-0.1, -0.05) is 0 Å². The van der Waals surface area contributed by atoms with Crippen molar-refractivity contribution in [2.45, 2.75) is 32.9 Å². The van der Waals surface area contributed by atoms with Crippen molar-refractivity contribution < 1.29 is 14.3 Å². The number of amides is 1. The molecule has 1 amide bonds. The fourth-order valence-electron chi connectivity index (χ4n) is 2.53. The first-order valence-electron chi connectivity index (χ1n) is 8.33. The number of hydrogen-bond donors (Lipinski definition) is 1. The number of hydrogen-bond acceptors (Lipinski definition) is 7. The third kappa shape index (κ3) is 5.43. The number of thioether (sulfide) groups is 1. The molecule has 0 unspecified atom stereocenters. The van der Waals surface area contributed by atoms with Gasteiger partial charge >= 0.3 is 5.97 Å². The molecule has 0 saturated heterocycles. The molecule has 0 saturated carbocycles. The summed E-state index contributed by atoms with van der Waals surface area (Å²) >= 11 is 1.56. The van der Waals surface area contributed by atoms with Gasteiger partial charge in [-0.15, -0.1) is 5.10 Å². The molecule has 0 aromatic carbocycles. The van der Waals surface area contributed by atoms with Crippen LogP contribution in [0.1, 0.15) is 17.8 Å². The lowest BCUT2D eigenvalue weighted by molar-refractivity contribution is -0.145. The van der Waals surface area contributed by atoms with Gasteiger partial charge in [0.05, 0.1) is 12.8 Å². The minimum absolute atomic E-state index is 0.307. The number of carbonyl (C=O) groups excluding carboxylic acids is 2. The Hall–Kier alpha value is -2.62. The quantitative estimate of drug-likeness (QED) is 0.649. The SMILES string of the molecule is COC(=O)[C@H](CCSC)NC(=O)Cn1nc(-n2nc(C)cc2C)ccc1=O. The van der Waals surface area contributed by atoms with E-state index in [0.29, 0.717) is 18.0 Å². The average molecular weight is 393 g/mol. The Morgan fingerprint density at radius 1 is 1.30 bits per heavy atom. The maximum atomic E-state index is 12.3. The monoisotopic (exact) mass is 393 g/mol. The number of carbonyl (C=O) groups is 2. The second-order valence-corrected chi connectivity index (χ2v) is 6.94. The zero-order chi connectivity index (χ0) is 20.0. The normalized spacial score (nSPS) is 11.9. The van der Waals surface area contributed by atoms with Gasteiger partial charge in [-0.2, -0.15) is 16.9 Å². The molecule has 0 aliphatic heterocycles. The van der Waals surface area contributed by atoms with E-state index >= 15 is 0 Å². The van der Waals surface area contributed by atoms with Crippen LogP contribution in [0, 0.1) is 13.8 Å². The summed E-state index contributed by atoms with van der Waals surface area (Å²) in [7, 11) is 1.27. The van der Waals surface area contributed by atoms with E-state index in [9.17, 15) is 14.4 Å². The van der Waals surface area contributed by atoms with Crippen LogP contribution < -0.4 is 10.9 Å². The minimum atomic E-state index is -0.759. The summed E-state index contributed by atoms with van der Waals surface area (Å²) in [5.41, 5.74) is 1.26. The van der Waals surface area contributed by atoms with E-state index in [1.54, 1.807) is 22.5 Å². The lowest BCUT2D eigenvalue weighted by Gasteiger charge is -2.16. The maximum Gasteiger partial charge on any atom is 0.328 e. The van der Waals surface area contributed by atoms with Gasteiger partial charge in [0, 0.05) is 11.8 Å². The highest BCUT2D eigenvalue weighted by Crippen LogP contribution is 2.08. The van der Waals surface area contributed by atoms with Gasteiger partial charge in [0.15, 0.2) is 5.82 Å². The van der Waals surface area contributed by atoms with Crippen molar-refractivity contribution in [3.05, 3.63) is 39.9 Å². The zero-order valence-electron chi connectivity index (χ0n) is 15.8.